The maximum Gasteiger partial charge on any atom is 0.191 e. The van der Waals surface area contributed by atoms with Crippen LogP contribution >= 0.6 is 0 Å². The number of ketones is 2. The van der Waals surface area contributed by atoms with E-state index in [1.165, 1.54) is 14.0 Å². The topological polar surface area (TPSA) is 61.8 Å². The molecule has 1 aliphatic carbocycles. The highest BCUT2D eigenvalue weighted by molar-refractivity contribution is 6.01. The van der Waals surface area contributed by atoms with Crippen molar-refractivity contribution in [3.05, 3.63) is 24.3 Å². The molecule has 128 valence electrons. The summed E-state index contributed by atoms with van der Waals surface area (Å²) in [6, 6.07) is 0. The maximum atomic E-state index is 12.6. The van der Waals surface area contributed by atoms with Crippen LogP contribution in [-0.4, -0.2) is 43.3 Å². The van der Waals surface area contributed by atoms with Crippen LogP contribution in [0.3, 0.4) is 0 Å². The zero-order valence-electron chi connectivity index (χ0n) is 14.6. The van der Waals surface area contributed by atoms with E-state index in [4.69, 9.17) is 14.2 Å². The van der Waals surface area contributed by atoms with E-state index in [1.807, 2.05) is 13.8 Å². The van der Waals surface area contributed by atoms with Gasteiger partial charge in [0.15, 0.2) is 11.6 Å². The fraction of sp³-hybridized carbons (Fsp3) is 0.667. The molecular formula is C18H26O5. The summed E-state index contributed by atoms with van der Waals surface area (Å²) >= 11 is 0. The van der Waals surface area contributed by atoms with E-state index >= 15 is 0 Å². The third-order valence-electron chi connectivity index (χ3n) is 5.32. The number of methoxy groups -OCH3 is 2. The molecule has 3 atom stereocenters. The van der Waals surface area contributed by atoms with Crippen LogP contribution in [-0.2, 0) is 23.8 Å². The third kappa shape index (κ3) is 2.61. The third-order valence-corrected chi connectivity index (χ3v) is 5.32. The van der Waals surface area contributed by atoms with Crippen LogP contribution in [0.15, 0.2) is 24.3 Å². The summed E-state index contributed by atoms with van der Waals surface area (Å²) in [5.41, 5.74) is -0.975. The van der Waals surface area contributed by atoms with Crippen LogP contribution in [0.25, 0.3) is 0 Å². The van der Waals surface area contributed by atoms with Crippen molar-refractivity contribution in [1.29, 1.82) is 0 Å². The van der Waals surface area contributed by atoms with Crippen LogP contribution in [0.4, 0.5) is 0 Å². The van der Waals surface area contributed by atoms with Gasteiger partial charge in [-0.1, -0.05) is 12.2 Å². The number of Topliss-reactive ketones (excluding diaryl/α,β-unsaturated/α-hetero) is 2. The van der Waals surface area contributed by atoms with Gasteiger partial charge in [-0.2, -0.15) is 0 Å². The van der Waals surface area contributed by atoms with E-state index in [1.54, 1.807) is 19.3 Å². The lowest BCUT2D eigenvalue weighted by atomic mass is 9.66. The molecule has 1 saturated heterocycles. The van der Waals surface area contributed by atoms with Gasteiger partial charge in [0.2, 0.25) is 0 Å². The van der Waals surface area contributed by atoms with Gasteiger partial charge in [0.25, 0.3) is 0 Å². The molecule has 0 N–H and O–H groups in total. The summed E-state index contributed by atoms with van der Waals surface area (Å²) < 4.78 is 17.3. The van der Waals surface area contributed by atoms with E-state index < -0.39 is 16.8 Å². The van der Waals surface area contributed by atoms with Gasteiger partial charge >= 0.3 is 0 Å². The maximum absolute atomic E-state index is 12.6. The first-order chi connectivity index (χ1) is 10.7. The van der Waals surface area contributed by atoms with E-state index in [0.717, 1.165) is 0 Å². The van der Waals surface area contributed by atoms with Crippen LogP contribution < -0.4 is 0 Å². The fourth-order valence-corrected chi connectivity index (χ4v) is 3.56. The number of rotatable bonds is 6. The lowest BCUT2D eigenvalue weighted by Crippen LogP contribution is -2.54. The highest BCUT2D eigenvalue weighted by Crippen LogP contribution is 2.56. The Kier molecular flexibility index (Phi) is 4.68. The van der Waals surface area contributed by atoms with E-state index in [0.29, 0.717) is 18.4 Å². The number of fused-ring (bicyclic) bond motifs is 1. The first-order valence-corrected chi connectivity index (χ1v) is 7.83. The molecule has 0 aromatic carbocycles. The summed E-state index contributed by atoms with van der Waals surface area (Å²) in [5, 5.41) is 0. The van der Waals surface area contributed by atoms with Crippen molar-refractivity contribution in [3.63, 3.8) is 0 Å². The molecule has 1 aliphatic heterocycles. The minimum absolute atomic E-state index is 0.0268. The summed E-state index contributed by atoms with van der Waals surface area (Å²) in [7, 11) is 3.09. The quantitative estimate of drug-likeness (QED) is 0.703. The predicted octanol–water partition coefficient (Wildman–Crippen LogP) is 2.59. The molecule has 23 heavy (non-hydrogen) atoms. The molecule has 1 heterocycles. The normalized spacial score (nSPS) is 34.0. The second-order valence-electron chi connectivity index (χ2n) is 6.87. The molecule has 0 spiro atoms. The minimum atomic E-state index is -1.26. The van der Waals surface area contributed by atoms with Gasteiger partial charge in [-0.15, -0.1) is 6.58 Å². The number of allylic oxidation sites excluding steroid dienone is 2. The lowest BCUT2D eigenvalue weighted by molar-refractivity contribution is -0.262. The summed E-state index contributed by atoms with van der Waals surface area (Å²) in [5.74, 6) is -1.40. The van der Waals surface area contributed by atoms with Gasteiger partial charge in [-0.3, -0.25) is 9.59 Å². The average Bonchev–Trinajstić information content (AvgIpc) is 2.85. The average molecular weight is 322 g/mol. The molecule has 0 aromatic heterocycles. The van der Waals surface area contributed by atoms with Crippen LogP contribution in [0.1, 0.15) is 40.0 Å². The molecule has 2 rings (SSSR count). The van der Waals surface area contributed by atoms with Crippen LogP contribution in [0, 0.1) is 5.41 Å². The summed E-state index contributed by atoms with van der Waals surface area (Å²) in [6.07, 6.45) is 3.95. The first-order valence-electron chi connectivity index (χ1n) is 7.83. The van der Waals surface area contributed by atoms with Crippen molar-refractivity contribution >= 4 is 11.6 Å². The highest BCUT2D eigenvalue weighted by Gasteiger charge is 2.66. The van der Waals surface area contributed by atoms with Gasteiger partial charge in [0, 0.05) is 14.2 Å². The largest absolute Gasteiger partial charge is 0.376 e. The Hall–Kier alpha value is -1.30. The van der Waals surface area contributed by atoms with Crippen molar-refractivity contribution < 1.29 is 23.8 Å². The molecule has 0 aromatic rings. The van der Waals surface area contributed by atoms with E-state index in [-0.39, 0.29) is 24.1 Å². The Morgan fingerprint density at radius 1 is 1.52 bits per heavy atom. The zero-order chi connectivity index (χ0) is 17.5. The molecule has 5 heteroatoms. The Morgan fingerprint density at radius 3 is 2.65 bits per heavy atom. The molecule has 0 unspecified atom stereocenters. The molecule has 5 nitrogen and oxygen atoms in total. The highest BCUT2D eigenvalue weighted by atomic mass is 16.7. The van der Waals surface area contributed by atoms with Gasteiger partial charge in [-0.05, 0) is 39.2 Å². The number of hydrogen-bond donors (Lipinski definition) is 0. The van der Waals surface area contributed by atoms with Gasteiger partial charge < -0.3 is 14.2 Å². The van der Waals surface area contributed by atoms with Crippen molar-refractivity contribution in [2.45, 2.75) is 57.5 Å². The Morgan fingerprint density at radius 2 is 2.17 bits per heavy atom. The molecule has 1 fully saturated rings. The smallest absolute Gasteiger partial charge is 0.191 e. The van der Waals surface area contributed by atoms with Gasteiger partial charge in [0.1, 0.15) is 11.2 Å². The molecule has 2 aliphatic rings. The number of carbonyl (C=O) groups is 2. The summed E-state index contributed by atoms with van der Waals surface area (Å²) in [4.78, 5) is 25.1. The number of carbonyl (C=O) groups excluding carboxylic acids is 2. The molecule has 0 radical (unpaired) electrons. The molecule has 0 amide bonds. The van der Waals surface area contributed by atoms with E-state index in [9.17, 15) is 9.59 Å². The monoisotopic (exact) mass is 322 g/mol. The summed E-state index contributed by atoms with van der Waals surface area (Å²) in [6.45, 7) is 9.02. The Balaban J connectivity index is 2.58. The first kappa shape index (κ1) is 18.0. The lowest BCUT2D eigenvalue weighted by Gasteiger charge is -2.42. The van der Waals surface area contributed by atoms with Crippen LogP contribution in [0.2, 0.25) is 0 Å². The molecule has 0 saturated carbocycles. The van der Waals surface area contributed by atoms with Crippen molar-refractivity contribution in [2.24, 2.45) is 5.41 Å². The van der Waals surface area contributed by atoms with Crippen molar-refractivity contribution in [3.8, 4) is 0 Å². The van der Waals surface area contributed by atoms with Crippen molar-refractivity contribution in [2.75, 3.05) is 14.2 Å². The Bertz CT molecular complexity index is 562. The fourth-order valence-electron chi connectivity index (χ4n) is 3.56. The number of ether oxygens (including phenoxy) is 3. The van der Waals surface area contributed by atoms with E-state index in [2.05, 4.69) is 6.58 Å². The number of hydrogen-bond acceptors (Lipinski definition) is 5. The van der Waals surface area contributed by atoms with Gasteiger partial charge in [-0.25, -0.2) is 0 Å². The molecular weight excluding hydrogens is 296 g/mol. The Labute approximate surface area is 137 Å². The predicted molar refractivity (Wildman–Crippen MR) is 86.0 cm³/mol. The second-order valence-corrected chi connectivity index (χ2v) is 6.87. The SMILES string of the molecule is C=CCC1=C[C@@]2(C(C)=O)C[C@H](C(C)(C)OC)O[C@@]2(OC)CC1=O. The standard InChI is InChI=1S/C18H26O5/c1-7-8-13-9-17(12(2)19)11-15(16(3,4)21-5)23-18(17,22-6)10-14(13)20/h7,9,15H,1,8,10-11H2,2-6H3/t15-,17+,18+/m1/s1. The van der Waals surface area contributed by atoms with Crippen molar-refractivity contribution in [1.82, 2.24) is 0 Å². The van der Waals surface area contributed by atoms with Gasteiger partial charge in [0.05, 0.1) is 18.1 Å². The zero-order valence-corrected chi connectivity index (χ0v) is 14.6. The second kappa shape index (κ2) is 5.96. The minimum Gasteiger partial charge on any atom is -0.376 e. The molecule has 0 bridgehead atoms. The van der Waals surface area contributed by atoms with Crippen LogP contribution in [0.5, 0.6) is 0 Å².